The van der Waals surface area contributed by atoms with Gasteiger partial charge in [0.15, 0.2) is 0 Å². The van der Waals surface area contributed by atoms with E-state index in [9.17, 15) is 0 Å². The lowest BCUT2D eigenvalue weighted by molar-refractivity contribution is 0.310. The van der Waals surface area contributed by atoms with Crippen molar-refractivity contribution in [2.75, 3.05) is 0 Å². The molecule has 0 fully saturated rings. The van der Waals surface area contributed by atoms with Crippen molar-refractivity contribution in [2.24, 2.45) is 16.0 Å². The number of rotatable bonds is 2. The Bertz CT molecular complexity index is 190. The van der Waals surface area contributed by atoms with Gasteiger partial charge >= 0.3 is 0 Å². The third kappa shape index (κ3) is 2.55. The Balaban J connectivity index is 4.73. The van der Waals surface area contributed by atoms with Gasteiger partial charge in [-0.25, -0.2) is 0 Å². The summed E-state index contributed by atoms with van der Waals surface area (Å²) in [6, 6.07) is 0. The van der Waals surface area contributed by atoms with Crippen LogP contribution in [0, 0.1) is 0 Å². The van der Waals surface area contributed by atoms with Crippen molar-refractivity contribution in [1.29, 1.82) is 0 Å². The van der Waals surface area contributed by atoms with Crippen LogP contribution in [0.15, 0.2) is 10.3 Å². The van der Waals surface area contributed by atoms with Gasteiger partial charge in [-0.2, -0.15) is 0 Å². The van der Waals surface area contributed by atoms with E-state index >= 15 is 0 Å². The van der Waals surface area contributed by atoms with Crippen molar-refractivity contribution < 1.29 is 10.4 Å². The van der Waals surface area contributed by atoms with Crippen LogP contribution in [0.2, 0.25) is 0 Å². The van der Waals surface area contributed by atoms with Crippen LogP contribution in [0.3, 0.4) is 0 Å². The third-order valence-corrected chi connectivity index (χ3v) is 1.20. The molecule has 5 nitrogen and oxygen atoms in total. The molecule has 0 aliphatic rings. The molecule has 0 saturated carbocycles. The monoisotopic (exact) mass is 159 g/mol. The van der Waals surface area contributed by atoms with Crippen LogP contribution >= 0.6 is 0 Å². The second-order valence-electron chi connectivity index (χ2n) is 2.86. The summed E-state index contributed by atoms with van der Waals surface area (Å²) in [4.78, 5) is 0. The highest BCUT2D eigenvalue weighted by molar-refractivity contribution is 6.44. The zero-order valence-corrected chi connectivity index (χ0v) is 6.87. The molecule has 11 heavy (non-hydrogen) atoms. The second kappa shape index (κ2) is 3.34. The summed E-state index contributed by atoms with van der Waals surface area (Å²) in [5.74, 6) is 0. The topological polar surface area (TPSA) is 91.2 Å². The smallest absolute Gasteiger partial charge is 0.123 e. The summed E-state index contributed by atoms with van der Waals surface area (Å²) in [5.41, 5.74) is 5.16. The normalized spacial score (nSPS) is 15.3. The van der Waals surface area contributed by atoms with E-state index in [4.69, 9.17) is 16.1 Å². The standard InChI is InChI=1S/C6H13N3O2/c1-4(8-10)5(9-11)6(2,3)7/h10-11H,7H2,1-3H3/b8-4+,9-5+. The lowest BCUT2D eigenvalue weighted by atomic mass is 9.97. The Morgan fingerprint density at radius 2 is 1.73 bits per heavy atom. The van der Waals surface area contributed by atoms with E-state index in [0.717, 1.165) is 0 Å². The SMILES string of the molecule is CC(=N\O)/C(=N\O)C(C)(C)N. The zero-order chi connectivity index (χ0) is 9.07. The van der Waals surface area contributed by atoms with Gasteiger partial charge in [-0.3, -0.25) is 0 Å². The molecule has 4 N–H and O–H groups in total. The number of hydrogen-bond donors (Lipinski definition) is 3. The van der Waals surface area contributed by atoms with Crippen molar-refractivity contribution in [1.82, 2.24) is 0 Å². The van der Waals surface area contributed by atoms with Gasteiger partial charge in [-0.15, -0.1) is 0 Å². The Hall–Kier alpha value is -1.10. The van der Waals surface area contributed by atoms with Crippen molar-refractivity contribution >= 4 is 11.4 Å². The van der Waals surface area contributed by atoms with Gasteiger partial charge in [0.05, 0.1) is 5.54 Å². The molecule has 0 aromatic rings. The predicted molar refractivity (Wildman–Crippen MR) is 42.4 cm³/mol. The Labute approximate surface area is 65.2 Å². The maximum atomic E-state index is 8.48. The highest BCUT2D eigenvalue weighted by atomic mass is 16.4. The fourth-order valence-electron chi connectivity index (χ4n) is 0.715. The van der Waals surface area contributed by atoms with Gasteiger partial charge in [0, 0.05) is 0 Å². The molecule has 0 aliphatic heterocycles. The zero-order valence-electron chi connectivity index (χ0n) is 6.87. The highest BCUT2D eigenvalue weighted by Crippen LogP contribution is 2.02. The summed E-state index contributed by atoms with van der Waals surface area (Å²) < 4.78 is 0. The van der Waals surface area contributed by atoms with Crippen LogP contribution in [0.4, 0.5) is 0 Å². The Morgan fingerprint density at radius 3 is 1.82 bits per heavy atom. The molecule has 5 heteroatoms. The van der Waals surface area contributed by atoms with Crippen molar-refractivity contribution in [3.8, 4) is 0 Å². The molecule has 0 spiro atoms. The summed E-state index contributed by atoms with van der Waals surface area (Å²) in [6.45, 7) is 4.80. The van der Waals surface area contributed by atoms with E-state index < -0.39 is 5.54 Å². The first-order chi connectivity index (χ1) is 4.93. The average Bonchev–Trinajstić information content (AvgIpc) is 1.86. The van der Waals surface area contributed by atoms with Gasteiger partial charge in [-0.1, -0.05) is 10.3 Å². The van der Waals surface area contributed by atoms with Gasteiger partial charge < -0.3 is 16.1 Å². The first-order valence-corrected chi connectivity index (χ1v) is 3.14. The molecular weight excluding hydrogens is 146 g/mol. The second-order valence-corrected chi connectivity index (χ2v) is 2.86. The molecule has 0 radical (unpaired) electrons. The first kappa shape index (κ1) is 9.90. The van der Waals surface area contributed by atoms with E-state index in [0.29, 0.717) is 0 Å². The van der Waals surface area contributed by atoms with Gasteiger partial charge in [0.2, 0.25) is 0 Å². The first-order valence-electron chi connectivity index (χ1n) is 3.14. The van der Waals surface area contributed by atoms with Gasteiger partial charge in [-0.05, 0) is 20.8 Å². The van der Waals surface area contributed by atoms with Gasteiger partial charge in [0.1, 0.15) is 11.4 Å². The van der Waals surface area contributed by atoms with Gasteiger partial charge in [0.25, 0.3) is 0 Å². The predicted octanol–water partition coefficient (Wildman–Crippen LogP) is 0.404. The van der Waals surface area contributed by atoms with Crippen LogP contribution in [-0.2, 0) is 0 Å². The number of hydrogen-bond acceptors (Lipinski definition) is 5. The number of oxime groups is 2. The van der Waals surface area contributed by atoms with Crippen LogP contribution in [0.1, 0.15) is 20.8 Å². The Kier molecular flexibility index (Phi) is 3.00. The molecule has 0 bridgehead atoms. The highest BCUT2D eigenvalue weighted by Gasteiger charge is 2.23. The summed E-state index contributed by atoms with van der Waals surface area (Å²) >= 11 is 0. The Morgan fingerprint density at radius 1 is 1.27 bits per heavy atom. The number of nitrogens with zero attached hydrogens (tertiary/aromatic N) is 2. The van der Waals surface area contributed by atoms with Crippen LogP contribution in [0.25, 0.3) is 0 Å². The van der Waals surface area contributed by atoms with Crippen LogP contribution in [0.5, 0.6) is 0 Å². The average molecular weight is 159 g/mol. The molecule has 0 aromatic heterocycles. The molecule has 0 atom stereocenters. The van der Waals surface area contributed by atoms with Crippen molar-refractivity contribution in [3.05, 3.63) is 0 Å². The molecule has 64 valence electrons. The minimum absolute atomic E-state index is 0.167. The minimum atomic E-state index is -0.801. The molecule has 0 rings (SSSR count). The molecule has 0 aliphatic carbocycles. The maximum Gasteiger partial charge on any atom is 0.123 e. The lowest BCUT2D eigenvalue weighted by Gasteiger charge is -2.18. The summed E-state index contributed by atoms with van der Waals surface area (Å²) in [5, 5.41) is 22.6. The van der Waals surface area contributed by atoms with Crippen molar-refractivity contribution in [3.63, 3.8) is 0 Å². The molecule has 0 unspecified atom stereocenters. The third-order valence-electron chi connectivity index (χ3n) is 1.20. The van der Waals surface area contributed by atoms with E-state index in [1.54, 1.807) is 13.8 Å². The minimum Gasteiger partial charge on any atom is -0.411 e. The van der Waals surface area contributed by atoms with Crippen molar-refractivity contribution in [2.45, 2.75) is 26.3 Å². The van der Waals surface area contributed by atoms with E-state index in [2.05, 4.69) is 10.3 Å². The molecule has 0 aromatic carbocycles. The largest absolute Gasteiger partial charge is 0.411 e. The van der Waals surface area contributed by atoms with Crippen LogP contribution in [-0.4, -0.2) is 27.4 Å². The molecule has 0 amide bonds. The maximum absolute atomic E-state index is 8.48. The van der Waals surface area contributed by atoms with E-state index in [-0.39, 0.29) is 11.4 Å². The quantitative estimate of drug-likeness (QED) is 0.309. The van der Waals surface area contributed by atoms with Crippen LogP contribution < -0.4 is 5.73 Å². The number of nitrogens with two attached hydrogens (primary N) is 1. The molecule has 0 heterocycles. The fourth-order valence-corrected chi connectivity index (χ4v) is 0.715. The summed E-state index contributed by atoms with van der Waals surface area (Å²) in [6.07, 6.45) is 0. The molecular formula is C6H13N3O2. The summed E-state index contributed by atoms with van der Waals surface area (Å²) in [7, 11) is 0. The van der Waals surface area contributed by atoms with E-state index in [1.165, 1.54) is 6.92 Å². The molecule has 0 saturated heterocycles. The fraction of sp³-hybridized carbons (Fsp3) is 0.667. The lowest BCUT2D eigenvalue weighted by Crippen LogP contribution is -2.45. The van der Waals surface area contributed by atoms with E-state index in [1.807, 2.05) is 0 Å².